The van der Waals surface area contributed by atoms with E-state index in [9.17, 15) is 8.78 Å². The number of aromatic nitrogens is 1. The molecule has 21 heavy (non-hydrogen) atoms. The number of benzene rings is 1. The number of anilines is 2. The fourth-order valence-corrected chi connectivity index (χ4v) is 2.37. The summed E-state index contributed by atoms with van der Waals surface area (Å²) in [7, 11) is 1.70. The highest BCUT2D eigenvalue weighted by Crippen LogP contribution is 2.28. The molecule has 2 aromatic rings. The van der Waals surface area contributed by atoms with E-state index in [0.29, 0.717) is 40.2 Å². The standard InChI is InChI=1S/C14H13Cl2F2N3/c1-19-13-11(15)7-12(16)14(21-13)20-3-2-8-4-9(17)6-10(18)5-8/h4-7H,2-3H2,1H3,(H2,19,20,21). The second-order valence-electron chi connectivity index (χ2n) is 4.35. The first-order valence-corrected chi connectivity index (χ1v) is 6.98. The van der Waals surface area contributed by atoms with Crippen molar-refractivity contribution >= 4 is 34.8 Å². The Balaban J connectivity index is 2.03. The monoisotopic (exact) mass is 331 g/mol. The zero-order valence-electron chi connectivity index (χ0n) is 11.2. The first-order chi connectivity index (χ1) is 9.99. The molecule has 1 heterocycles. The van der Waals surface area contributed by atoms with Crippen LogP contribution in [0.4, 0.5) is 20.4 Å². The maximum atomic E-state index is 13.1. The van der Waals surface area contributed by atoms with E-state index < -0.39 is 11.6 Å². The molecule has 0 saturated carbocycles. The van der Waals surface area contributed by atoms with Crippen molar-refractivity contribution in [3.05, 3.63) is 51.5 Å². The van der Waals surface area contributed by atoms with Crippen LogP contribution in [0.2, 0.25) is 10.0 Å². The van der Waals surface area contributed by atoms with E-state index in [-0.39, 0.29) is 0 Å². The average molecular weight is 332 g/mol. The third kappa shape index (κ3) is 4.19. The van der Waals surface area contributed by atoms with Gasteiger partial charge in [-0.15, -0.1) is 0 Å². The van der Waals surface area contributed by atoms with E-state index in [1.165, 1.54) is 12.1 Å². The minimum Gasteiger partial charge on any atom is -0.372 e. The fourth-order valence-electron chi connectivity index (χ4n) is 1.85. The molecule has 0 saturated heterocycles. The van der Waals surface area contributed by atoms with Gasteiger partial charge in [0.1, 0.15) is 23.3 Å². The van der Waals surface area contributed by atoms with Crippen LogP contribution in [0.15, 0.2) is 24.3 Å². The van der Waals surface area contributed by atoms with E-state index in [4.69, 9.17) is 23.2 Å². The van der Waals surface area contributed by atoms with Gasteiger partial charge >= 0.3 is 0 Å². The maximum Gasteiger partial charge on any atom is 0.147 e. The Morgan fingerprint density at radius 3 is 2.24 bits per heavy atom. The number of nitrogens with one attached hydrogen (secondary N) is 2. The molecule has 0 aliphatic carbocycles. The molecule has 0 fully saturated rings. The molecule has 2 N–H and O–H groups in total. The van der Waals surface area contributed by atoms with Crippen LogP contribution in [0.1, 0.15) is 5.56 Å². The van der Waals surface area contributed by atoms with E-state index in [2.05, 4.69) is 15.6 Å². The molecule has 2 rings (SSSR count). The van der Waals surface area contributed by atoms with Gasteiger partial charge in [0.25, 0.3) is 0 Å². The molecule has 1 aromatic carbocycles. The quantitative estimate of drug-likeness (QED) is 0.854. The zero-order chi connectivity index (χ0) is 15.4. The molecule has 3 nitrogen and oxygen atoms in total. The van der Waals surface area contributed by atoms with E-state index in [1.807, 2.05) is 0 Å². The summed E-state index contributed by atoms with van der Waals surface area (Å²) < 4.78 is 26.1. The number of hydrogen-bond acceptors (Lipinski definition) is 3. The highest BCUT2D eigenvalue weighted by atomic mass is 35.5. The van der Waals surface area contributed by atoms with E-state index in [0.717, 1.165) is 6.07 Å². The highest BCUT2D eigenvalue weighted by molar-refractivity contribution is 6.37. The predicted molar refractivity (Wildman–Crippen MR) is 82.4 cm³/mol. The van der Waals surface area contributed by atoms with Crippen LogP contribution in [0.25, 0.3) is 0 Å². The minimum atomic E-state index is -0.592. The summed E-state index contributed by atoms with van der Waals surface area (Å²) in [5, 5.41) is 6.66. The van der Waals surface area contributed by atoms with Crippen molar-refractivity contribution in [2.75, 3.05) is 24.2 Å². The molecule has 0 aliphatic rings. The third-order valence-electron chi connectivity index (χ3n) is 2.79. The van der Waals surface area contributed by atoms with Gasteiger partial charge in [-0.2, -0.15) is 0 Å². The van der Waals surface area contributed by atoms with Gasteiger partial charge in [-0.3, -0.25) is 0 Å². The van der Waals surface area contributed by atoms with Crippen LogP contribution < -0.4 is 10.6 Å². The van der Waals surface area contributed by atoms with E-state index >= 15 is 0 Å². The SMILES string of the molecule is CNc1nc(NCCc2cc(F)cc(F)c2)c(Cl)cc1Cl. The Labute approximate surface area is 131 Å². The summed E-state index contributed by atoms with van der Waals surface area (Å²) in [6.45, 7) is 0.431. The number of pyridine rings is 1. The molecule has 7 heteroatoms. The maximum absolute atomic E-state index is 13.1. The zero-order valence-corrected chi connectivity index (χ0v) is 12.7. The summed E-state index contributed by atoms with van der Waals surface area (Å²) in [5.74, 6) is -0.224. The molecule has 0 radical (unpaired) electrons. The largest absolute Gasteiger partial charge is 0.372 e. The van der Waals surface area contributed by atoms with Crippen LogP contribution in [-0.2, 0) is 6.42 Å². The van der Waals surface area contributed by atoms with Crippen molar-refractivity contribution in [3.63, 3.8) is 0 Å². The topological polar surface area (TPSA) is 37.0 Å². The van der Waals surface area contributed by atoms with Crippen molar-refractivity contribution in [3.8, 4) is 0 Å². The van der Waals surface area contributed by atoms with Crippen molar-refractivity contribution < 1.29 is 8.78 Å². The van der Waals surface area contributed by atoms with Crippen LogP contribution in [0, 0.1) is 11.6 Å². The molecule has 112 valence electrons. The number of nitrogens with zero attached hydrogens (tertiary/aromatic N) is 1. The lowest BCUT2D eigenvalue weighted by atomic mass is 10.1. The summed E-state index contributed by atoms with van der Waals surface area (Å²) in [4.78, 5) is 4.22. The van der Waals surface area contributed by atoms with Gasteiger partial charge in [0.05, 0.1) is 10.0 Å². The fraction of sp³-hybridized carbons (Fsp3) is 0.214. The van der Waals surface area contributed by atoms with Crippen LogP contribution in [-0.4, -0.2) is 18.6 Å². The van der Waals surface area contributed by atoms with E-state index in [1.54, 1.807) is 13.1 Å². The summed E-state index contributed by atoms with van der Waals surface area (Å²) in [6.07, 6.45) is 0.435. The van der Waals surface area contributed by atoms with Crippen LogP contribution in [0.5, 0.6) is 0 Å². The lowest BCUT2D eigenvalue weighted by Crippen LogP contribution is -2.08. The van der Waals surface area contributed by atoms with Crippen LogP contribution in [0.3, 0.4) is 0 Å². The van der Waals surface area contributed by atoms with Gasteiger partial charge in [-0.25, -0.2) is 13.8 Å². The van der Waals surface area contributed by atoms with Gasteiger partial charge in [0.15, 0.2) is 0 Å². The molecule has 0 aliphatic heterocycles. The van der Waals surface area contributed by atoms with Gasteiger partial charge in [0.2, 0.25) is 0 Å². The molecule has 0 atom stereocenters. The highest BCUT2D eigenvalue weighted by Gasteiger charge is 2.08. The molecular weight excluding hydrogens is 319 g/mol. The Hall–Kier alpha value is -1.59. The lowest BCUT2D eigenvalue weighted by Gasteiger charge is -2.11. The Morgan fingerprint density at radius 2 is 1.62 bits per heavy atom. The Kier molecular flexibility index (Phi) is 5.20. The number of rotatable bonds is 5. The van der Waals surface area contributed by atoms with Gasteiger partial charge < -0.3 is 10.6 Å². The molecular formula is C14H13Cl2F2N3. The molecule has 0 spiro atoms. The molecule has 1 aromatic heterocycles. The summed E-state index contributed by atoms with van der Waals surface area (Å²) >= 11 is 12.0. The van der Waals surface area contributed by atoms with Gasteiger partial charge in [-0.1, -0.05) is 23.2 Å². The van der Waals surface area contributed by atoms with Crippen molar-refractivity contribution in [1.82, 2.24) is 4.98 Å². The van der Waals surface area contributed by atoms with Gasteiger partial charge in [-0.05, 0) is 30.2 Å². The average Bonchev–Trinajstić information content (AvgIpc) is 2.40. The smallest absolute Gasteiger partial charge is 0.147 e. The normalized spacial score (nSPS) is 10.5. The van der Waals surface area contributed by atoms with Gasteiger partial charge in [0, 0.05) is 19.7 Å². The predicted octanol–water partition coefficient (Wildman–Crippen LogP) is 4.36. The second-order valence-corrected chi connectivity index (χ2v) is 5.17. The first-order valence-electron chi connectivity index (χ1n) is 6.22. The van der Waals surface area contributed by atoms with Crippen molar-refractivity contribution in [2.45, 2.75) is 6.42 Å². The number of hydrogen-bond donors (Lipinski definition) is 2. The third-order valence-corrected chi connectivity index (χ3v) is 3.37. The summed E-state index contributed by atoms with van der Waals surface area (Å²) in [5.41, 5.74) is 0.555. The second kappa shape index (κ2) is 6.91. The van der Waals surface area contributed by atoms with Crippen LogP contribution >= 0.6 is 23.2 Å². The number of halogens is 4. The van der Waals surface area contributed by atoms with Crippen molar-refractivity contribution in [2.24, 2.45) is 0 Å². The molecule has 0 bridgehead atoms. The van der Waals surface area contributed by atoms with Crippen molar-refractivity contribution in [1.29, 1.82) is 0 Å². The Bertz CT molecular complexity index is 630. The molecule has 0 unspecified atom stereocenters. The Morgan fingerprint density at radius 1 is 1.00 bits per heavy atom. The summed E-state index contributed by atoms with van der Waals surface area (Å²) in [6, 6.07) is 5.00. The first kappa shape index (κ1) is 15.8. The lowest BCUT2D eigenvalue weighted by molar-refractivity contribution is 0.580. The minimum absolute atomic E-state index is 0.379. The molecule has 0 amide bonds.